The van der Waals surface area contributed by atoms with Crippen molar-refractivity contribution in [1.29, 1.82) is 0 Å². The summed E-state index contributed by atoms with van der Waals surface area (Å²) < 4.78 is 0. The molecule has 6 heteroatoms. The van der Waals surface area contributed by atoms with E-state index in [2.05, 4.69) is 11.2 Å². The van der Waals surface area contributed by atoms with Gasteiger partial charge < -0.3 is 10.2 Å². The molecule has 0 aliphatic carbocycles. The molecule has 100 valence electrons. The molecule has 0 heterocycles. The van der Waals surface area contributed by atoms with Crippen LogP contribution in [0.1, 0.15) is 17.3 Å². The maximum absolute atomic E-state index is 11.8. The zero-order valence-electron chi connectivity index (χ0n) is 11.0. The summed E-state index contributed by atoms with van der Waals surface area (Å²) in [7, 11) is 3.22. The van der Waals surface area contributed by atoms with Crippen LogP contribution in [-0.4, -0.2) is 35.9 Å². The number of nitro benzene ring substituents is 1. The average molecular weight is 261 g/mol. The van der Waals surface area contributed by atoms with Crippen LogP contribution >= 0.6 is 0 Å². The molecule has 0 saturated heterocycles. The number of hydrogen-bond donors (Lipinski definition) is 1. The van der Waals surface area contributed by atoms with Gasteiger partial charge >= 0.3 is 0 Å². The summed E-state index contributed by atoms with van der Waals surface area (Å²) in [6.07, 6.45) is 5.23. The number of benzene rings is 1. The number of anilines is 1. The van der Waals surface area contributed by atoms with E-state index in [0.717, 1.165) is 0 Å². The third-order valence-electron chi connectivity index (χ3n) is 2.47. The summed E-state index contributed by atoms with van der Waals surface area (Å²) in [4.78, 5) is 23.6. The molecule has 0 fully saturated rings. The molecule has 1 rings (SSSR count). The SMILES string of the molecule is C#CC(C)Nc1cc(C(=O)N(C)C)ccc1[N+](=O)[O-]. The Morgan fingerprint density at radius 2 is 2.16 bits per heavy atom. The zero-order chi connectivity index (χ0) is 14.6. The number of amides is 1. The summed E-state index contributed by atoms with van der Waals surface area (Å²) in [5.41, 5.74) is 0.489. The Labute approximate surface area is 111 Å². The second-order valence-electron chi connectivity index (χ2n) is 4.22. The van der Waals surface area contributed by atoms with Crippen LogP contribution in [0, 0.1) is 22.5 Å². The highest BCUT2D eigenvalue weighted by Gasteiger charge is 2.18. The topological polar surface area (TPSA) is 75.5 Å². The zero-order valence-corrected chi connectivity index (χ0v) is 11.0. The Morgan fingerprint density at radius 3 is 2.63 bits per heavy atom. The van der Waals surface area contributed by atoms with E-state index in [4.69, 9.17) is 6.42 Å². The van der Waals surface area contributed by atoms with Crippen molar-refractivity contribution in [2.24, 2.45) is 0 Å². The van der Waals surface area contributed by atoms with Gasteiger partial charge in [-0.25, -0.2) is 0 Å². The van der Waals surface area contributed by atoms with E-state index in [0.29, 0.717) is 5.56 Å². The van der Waals surface area contributed by atoms with Gasteiger partial charge in [-0.05, 0) is 19.1 Å². The lowest BCUT2D eigenvalue weighted by Gasteiger charge is -2.13. The van der Waals surface area contributed by atoms with Gasteiger partial charge in [0, 0.05) is 25.7 Å². The molecule has 1 aromatic carbocycles. The third kappa shape index (κ3) is 3.45. The van der Waals surface area contributed by atoms with Crippen LogP contribution in [0.5, 0.6) is 0 Å². The van der Waals surface area contributed by atoms with Gasteiger partial charge in [0.15, 0.2) is 0 Å². The van der Waals surface area contributed by atoms with Crippen molar-refractivity contribution in [2.45, 2.75) is 13.0 Å². The maximum Gasteiger partial charge on any atom is 0.292 e. The van der Waals surface area contributed by atoms with E-state index in [1.165, 1.54) is 23.1 Å². The molecule has 0 radical (unpaired) electrons. The fourth-order valence-corrected chi connectivity index (χ4v) is 1.48. The van der Waals surface area contributed by atoms with E-state index in [1.54, 1.807) is 21.0 Å². The number of carbonyl (C=O) groups is 1. The van der Waals surface area contributed by atoms with Crippen LogP contribution in [0.2, 0.25) is 0 Å². The minimum absolute atomic E-state index is 0.114. The van der Waals surface area contributed by atoms with Crippen molar-refractivity contribution in [3.8, 4) is 12.3 Å². The Hall–Kier alpha value is -2.55. The minimum Gasteiger partial charge on any atom is -0.366 e. The summed E-state index contributed by atoms with van der Waals surface area (Å²) in [5, 5.41) is 13.8. The molecule has 6 nitrogen and oxygen atoms in total. The van der Waals surface area contributed by atoms with Crippen molar-refractivity contribution in [2.75, 3.05) is 19.4 Å². The Morgan fingerprint density at radius 1 is 1.53 bits per heavy atom. The first-order chi connectivity index (χ1) is 8.86. The molecule has 0 aromatic heterocycles. The number of nitrogens with one attached hydrogen (secondary N) is 1. The van der Waals surface area contributed by atoms with Crippen LogP contribution in [0.3, 0.4) is 0 Å². The molecule has 1 aromatic rings. The van der Waals surface area contributed by atoms with E-state index < -0.39 is 4.92 Å². The van der Waals surface area contributed by atoms with Crippen molar-refractivity contribution >= 4 is 17.3 Å². The number of nitro groups is 1. The summed E-state index contributed by atoms with van der Waals surface area (Å²) in [6, 6.07) is 3.78. The van der Waals surface area contributed by atoms with Crippen LogP contribution < -0.4 is 5.32 Å². The molecular weight excluding hydrogens is 246 g/mol. The van der Waals surface area contributed by atoms with Crippen LogP contribution in [-0.2, 0) is 0 Å². The second kappa shape index (κ2) is 5.87. The molecule has 0 bridgehead atoms. The van der Waals surface area contributed by atoms with Crippen molar-refractivity contribution < 1.29 is 9.72 Å². The molecule has 19 heavy (non-hydrogen) atoms. The van der Waals surface area contributed by atoms with Gasteiger partial charge in [0.1, 0.15) is 5.69 Å². The van der Waals surface area contributed by atoms with E-state index in [9.17, 15) is 14.9 Å². The number of hydrogen-bond acceptors (Lipinski definition) is 4. The lowest BCUT2D eigenvalue weighted by molar-refractivity contribution is -0.384. The predicted molar refractivity (Wildman–Crippen MR) is 73.0 cm³/mol. The van der Waals surface area contributed by atoms with Gasteiger partial charge in [0.25, 0.3) is 11.6 Å². The molecule has 0 spiro atoms. The molecule has 1 amide bonds. The van der Waals surface area contributed by atoms with Crippen molar-refractivity contribution in [3.63, 3.8) is 0 Å². The highest BCUT2D eigenvalue weighted by molar-refractivity contribution is 5.95. The van der Waals surface area contributed by atoms with Gasteiger partial charge in [0.05, 0.1) is 11.0 Å². The number of nitrogens with zero attached hydrogens (tertiary/aromatic N) is 2. The smallest absolute Gasteiger partial charge is 0.292 e. The van der Waals surface area contributed by atoms with Crippen LogP contribution in [0.25, 0.3) is 0 Å². The standard InChI is InChI=1S/C13H15N3O3/c1-5-9(2)14-11-8-10(13(17)15(3)4)6-7-12(11)16(18)19/h1,6-9,14H,2-4H3. The minimum atomic E-state index is -0.518. The molecule has 0 aliphatic heterocycles. The fourth-order valence-electron chi connectivity index (χ4n) is 1.48. The van der Waals surface area contributed by atoms with Gasteiger partial charge in [-0.1, -0.05) is 5.92 Å². The third-order valence-corrected chi connectivity index (χ3v) is 2.47. The van der Waals surface area contributed by atoms with Gasteiger partial charge in [0.2, 0.25) is 0 Å². The first-order valence-electron chi connectivity index (χ1n) is 5.59. The van der Waals surface area contributed by atoms with E-state index >= 15 is 0 Å². The van der Waals surface area contributed by atoms with Crippen molar-refractivity contribution in [3.05, 3.63) is 33.9 Å². The highest BCUT2D eigenvalue weighted by Crippen LogP contribution is 2.26. The predicted octanol–water partition coefficient (Wildman–Crippen LogP) is 1.73. The normalized spacial score (nSPS) is 11.3. The largest absolute Gasteiger partial charge is 0.366 e. The fraction of sp³-hybridized carbons (Fsp3) is 0.308. The summed E-state index contributed by atoms with van der Waals surface area (Å²) >= 11 is 0. The van der Waals surface area contributed by atoms with Crippen LogP contribution in [0.4, 0.5) is 11.4 Å². The molecule has 0 aliphatic rings. The van der Waals surface area contributed by atoms with Gasteiger partial charge in [-0.2, -0.15) is 0 Å². The molecule has 0 saturated carbocycles. The number of carbonyl (C=O) groups excluding carboxylic acids is 1. The van der Waals surface area contributed by atoms with E-state index in [-0.39, 0.29) is 23.3 Å². The summed E-state index contributed by atoms with van der Waals surface area (Å²) in [5.74, 6) is 2.19. The molecule has 1 unspecified atom stereocenters. The second-order valence-corrected chi connectivity index (χ2v) is 4.22. The quantitative estimate of drug-likeness (QED) is 0.509. The number of terminal acetylenes is 1. The van der Waals surface area contributed by atoms with E-state index in [1.807, 2.05) is 0 Å². The lowest BCUT2D eigenvalue weighted by Crippen LogP contribution is -2.22. The Balaban J connectivity index is 3.23. The average Bonchev–Trinajstić information content (AvgIpc) is 2.37. The first-order valence-corrected chi connectivity index (χ1v) is 5.59. The maximum atomic E-state index is 11.8. The summed E-state index contributed by atoms with van der Waals surface area (Å²) in [6.45, 7) is 1.70. The first kappa shape index (κ1) is 14.5. The Kier molecular flexibility index (Phi) is 4.48. The van der Waals surface area contributed by atoms with Gasteiger partial charge in [-0.15, -0.1) is 6.42 Å². The van der Waals surface area contributed by atoms with Crippen LogP contribution in [0.15, 0.2) is 18.2 Å². The number of rotatable bonds is 4. The monoisotopic (exact) mass is 261 g/mol. The molecule has 1 N–H and O–H groups in total. The lowest BCUT2D eigenvalue weighted by atomic mass is 10.1. The molecule has 1 atom stereocenters. The highest BCUT2D eigenvalue weighted by atomic mass is 16.6. The molecular formula is C13H15N3O3. The van der Waals surface area contributed by atoms with Crippen molar-refractivity contribution in [1.82, 2.24) is 4.90 Å². The Bertz CT molecular complexity index is 547. The van der Waals surface area contributed by atoms with Gasteiger partial charge in [-0.3, -0.25) is 14.9 Å².